The number of carboxylic acid groups (broad SMARTS) is 2. The molecule has 5 N–H and O–H groups in total. The normalized spacial score (nSPS) is 12.2. The third-order valence-electron chi connectivity index (χ3n) is 0.782. The first-order valence-electron chi connectivity index (χ1n) is 2.24. The minimum atomic E-state index is -2.44. The molecule has 7 nitrogen and oxygen atoms in total. The topological polar surface area (TPSA) is 156 Å². The summed E-state index contributed by atoms with van der Waals surface area (Å²) < 4.78 is 0. The Morgan fingerprint density at radius 2 is 1.08 bits per heavy atom. The van der Waals surface area contributed by atoms with E-state index in [0.29, 0.717) is 0 Å². The minimum Gasteiger partial charge on any atom is -0.547 e. The molecule has 0 aliphatic carbocycles. The standard InChI is InChI=1S/C4H6O6.2K.H3N/c5-1(3(7)8)2(6)4(9)10;;;/h1-2,5-6H,(H,7,8)(H,9,10);;;1H3/q;2*+1;/p-2. The van der Waals surface area contributed by atoms with Crippen LogP contribution in [0.4, 0.5) is 0 Å². The summed E-state index contributed by atoms with van der Waals surface area (Å²) in [6.07, 6.45) is -4.88. The summed E-state index contributed by atoms with van der Waals surface area (Å²) in [5, 5.41) is 35.7. The van der Waals surface area contributed by atoms with E-state index < -0.39 is 24.1 Å². The van der Waals surface area contributed by atoms with Crippen molar-refractivity contribution in [2.45, 2.75) is 12.2 Å². The quantitative estimate of drug-likeness (QED) is 0.415. The number of aliphatic hydroxyl groups excluding tert-OH is 2. The molecule has 0 spiro atoms. The van der Waals surface area contributed by atoms with Crippen LogP contribution in [0.25, 0.3) is 0 Å². The zero-order valence-electron chi connectivity index (χ0n) is 7.39. The SMILES string of the molecule is N.O=C([O-])C(O)C(O)C(=O)[O-].[K+].[K+]. The number of hydrogen-bond acceptors (Lipinski definition) is 7. The van der Waals surface area contributed by atoms with E-state index in [-0.39, 0.29) is 109 Å². The molecule has 9 heteroatoms. The zero-order chi connectivity index (χ0) is 8.31. The molecule has 0 heterocycles. The van der Waals surface area contributed by atoms with Gasteiger partial charge in [0.15, 0.2) is 0 Å². The van der Waals surface area contributed by atoms with Crippen molar-refractivity contribution in [2.24, 2.45) is 0 Å². The molecular formula is C4H7K2NO6. The first-order valence-corrected chi connectivity index (χ1v) is 2.24. The Bertz CT molecular complexity index is 147. The van der Waals surface area contributed by atoms with E-state index in [1.807, 2.05) is 0 Å². The fourth-order valence-electron chi connectivity index (χ4n) is 0.258. The molecule has 0 bridgehead atoms. The number of aliphatic carboxylic acids is 2. The molecule has 2 unspecified atom stereocenters. The molecule has 0 rings (SSSR count). The molecule has 0 aromatic rings. The minimum absolute atomic E-state index is 0. The van der Waals surface area contributed by atoms with Crippen molar-refractivity contribution in [1.29, 1.82) is 0 Å². The van der Waals surface area contributed by atoms with Gasteiger partial charge in [-0.15, -0.1) is 0 Å². The third-order valence-corrected chi connectivity index (χ3v) is 0.782. The number of carbonyl (C=O) groups is 2. The fraction of sp³-hybridized carbons (Fsp3) is 0.500. The average molecular weight is 243 g/mol. The summed E-state index contributed by atoms with van der Waals surface area (Å²) >= 11 is 0. The van der Waals surface area contributed by atoms with Gasteiger partial charge in [0.05, 0.1) is 11.9 Å². The maximum atomic E-state index is 9.63. The van der Waals surface area contributed by atoms with Crippen LogP contribution in [0.15, 0.2) is 0 Å². The van der Waals surface area contributed by atoms with Gasteiger partial charge < -0.3 is 36.2 Å². The zero-order valence-corrected chi connectivity index (χ0v) is 13.6. The molecule has 13 heavy (non-hydrogen) atoms. The smallest absolute Gasteiger partial charge is 0.547 e. The van der Waals surface area contributed by atoms with Gasteiger partial charge in [-0.1, -0.05) is 0 Å². The Hall–Kier alpha value is 2.09. The molecule has 2 atom stereocenters. The van der Waals surface area contributed by atoms with Gasteiger partial charge in [0, 0.05) is 0 Å². The summed E-state index contributed by atoms with van der Waals surface area (Å²) in [4.78, 5) is 19.3. The number of carboxylic acids is 2. The van der Waals surface area contributed by atoms with Crippen LogP contribution in [0.3, 0.4) is 0 Å². The Morgan fingerprint density at radius 3 is 1.15 bits per heavy atom. The van der Waals surface area contributed by atoms with Gasteiger partial charge in [0.2, 0.25) is 0 Å². The second-order valence-electron chi connectivity index (χ2n) is 1.53. The van der Waals surface area contributed by atoms with Crippen LogP contribution in [-0.2, 0) is 9.59 Å². The predicted molar refractivity (Wildman–Crippen MR) is 27.0 cm³/mol. The van der Waals surface area contributed by atoms with E-state index in [2.05, 4.69) is 0 Å². The third kappa shape index (κ3) is 10.4. The molecular weight excluding hydrogens is 236 g/mol. The van der Waals surface area contributed by atoms with Gasteiger partial charge in [-0.25, -0.2) is 0 Å². The van der Waals surface area contributed by atoms with E-state index in [0.717, 1.165) is 0 Å². The summed E-state index contributed by atoms with van der Waals surface area (Å²) in [5.74, 6) is -4.12. The first kappa shape index (κ1) is 24.4. The van der Waals surface area contributed by atoms with E-state index in [1.54, 1.807) is 0 Å². The van der Waals surface area contributed by atoms with Gasteiger partial charge in [0.1, 0.15) is 12.2 Å². The van der Waals surface area contributed by atoms with Gasteiger partial charge in [-0.05, 0) is 0 Å². The Labute approximate surface area is 159 Å². The Kier molecular flexibility index (Phi) is 22.8. The molecule has 66 valence electrons. The molecule has 0 aromatic heterocycles. The van der Waals surface area contributed by atoms with Crippen LogP contribution in [-0.4, -0.2) is 34.4 Å². The maximum absolute atomic E-state index is 9.63. The average Bonchev–Trinajstić information content (AvgIpc) is 1.84. The van der Waals surface area contributed by atoms with Crippen molar-refractivity contribution in [2.75, 3.05) is 0 Å². The molecule has 0 aliphatic rings. The summed E-state index contributed by atoms with van der Waals surface area (Å²) in [7, 11) is 0. The van der Waals surface area contributed by atoms with E-state index in [1.165, 1.54) is 0 Å². The van der Waals surface area contributed by atoms with Gasteiger partial charge in [-0.3, -0.25) is 0 Å². The molecule has 0 saturated heterocycles. The van der Waals surface area contributed by atoms with Crippen LogP contribution < -0.4 is 119 Å². The molecule has 0 radical (unpaired) electrons. The van der Waals surface area contributed by atoms with Crippen LogP contribution in [0.2, 0.25) is 0 Å². The fourth-order valence-corrected chi connectivity index (χ4v) is 0.258. The summed E-state index contributed by atoms with van der Waals surface area (Å²) in [5.41, 5.74) is 0. The summed E-state index contributed by atoms with van der Waals surface area (Å²) in [6, 6.07) is 0. The number of hydrogen-bond donors (Lipinski definition) is 3. The van der Waals surface area contributed by atoms with Crippen molar-refractivity contribution in [1.82, 2.24) is 6.15 Å². The van der Waals surface area contributed by atoms with Gasteiger partial charge in [0.25, 0.3) is 0 Å². The van der Waals surface area contributed by atoms with Crippen molar-refractivity contribution >= 4 is 11.9 Å². The first-order chi connectivity index (χ1) is 4.46. The second-order valence-corrected chi connectivity index (χ2v) is 1.53. The van der Waals surface area contributed by atoms with Gasteiger partial charge in [-0.2, -0.15) is 0 Å². The van der Waals surface area contributed by atoms with Crippen LogP contribution >= 0.6 is 0 Å². The molecule has 0 aromatic carbocycles. The van der Waals surface area contributed by atoms with Crippen molar-refractivity contribution in [3.63, 3.8) is 0 Å². The number of rotatable bonds is 3. The van der Waals surface area contributed by atoms with Crippen LogP contribution in [0, 0.1) is 0 Å². The summed E-state index contributed by atoms with van der Waals surface area (Å²) in [6.45, 7) is 0. The van der Waals surface area contributed by atoms with E-state index in [9.17, 15) is 19.8 Å². The number of aliphatic hydroxyl groups is 2. The number of carbonyl (C=O) groups excluding carboxylic acids is 2. The predicted octanol–water partition coefficient (Wildman–Crippen LogP) is -10.6. The van der Waals surface area contributed by atoms with E-state index in [4.69, 9.17) is 10.2 Å². The van der Waals surface area contributed by atoms with Crippen LogP contribution in [0.5, 0.6) is 0 Å². The van der Waals surface area contributed by atoms with Crippen LogP contribution in [0.1, 0.15) is 0 Å². The Morgan fingerprint density at radius 1 is 0.923 bits per heavy atom. The van der Waals surface area contributed by atoms with E-state index >= 15 is 0 Å². The molecule has 0 saturated carbocycles. The monoisotopic (exact) mass is 243 g/mol. The maximum Gasteiger partial charge on any atom is 1.00 e. The molecule has 0 aliphatic heterocycles. The van der Waals surface area contributed by atoms with Gasteiger partial charge >= 0.3 is 103 Å². The largest absolute Gasteiger partial charge is 1.00 e. The van der Waals surface area contributed by atoms with Crippen molar-refractivity contribution in [3.05, 3.63) is 0 Å². The Balaban J connectivity index is -0.000000135. The van der Waals surface area contributed by atoms with Crippen molar-refractivity contribution < 1.29 is 133 Å². The molecule has 0 amide bonds. The molecule has 0 fully saturated rings. The second kappa shape index (κ2) is 12.2. The van der Waals surface area contributed by atoms with Crippen molar-refractivity contribution in [3.8, 4) is 0 Å².